The summed E-state index contributed by atoms with van der Waals surface area (Å²) in [5.41, 5.74) is 4.21. The van der Waals surface area contributed by atoms with Crippen molar-refractivity contribution in [2.75, 3.05) is 0 Å². The maximum absolute atomic E-state index is 11.1. The van der Waals surface area contributed by atoms with E-state index >= 15 is 0 Å². The summed E-state index contributed by atoms with van der Waals surface area (Å²) in [6.07, 6.45) is 0.564. The first-order chi connectivity index (χ1) is 13.0. The predicted molar refractivity (Wildman–Crippen MR) is 104 cm³/mol. The molecule has 0 radical (unpaired) electrons. The topological polar surface area (TPSA) is 88.1 Å². The fraction of sp³-hybridized carbons (Fsp3) is 0.143. The fourth-order valence-corrected chi connectivity index (χ4v) is 2.87. The van der Waals surface area contributed by atoms with Crippen LogP contribution in [-0.4, -0.2) is 10.0 Å². The number of nitrogens with zero attached hydrogens (tertiary/aromatic N) is 3. The largest absolute Gasteiger partial charge is 0.505 e. The van der Waals surface area contributed by atoms with Gasteiger partial charge in [0.15, 0.2) is 5.69 Å². The number of aromatic hydroxyl groups is 1. The molecule has 27 heavy (non-hydrogen) atoms. The lowest BCUT2D eigenvalue weighted by molar-refractivity contribution is -0.384. The molecule has 0 atom stereocenters. The van der Waals surface area contributed by atoms with Crippen molar-refractivity contribution in [3.05, 3.63) is 93.0 Å². The molecular weight excluding hydrogens is 342 g/mol. The summed E-state index contributed by atoms with van der Waals surface area (Å²) in [5.74, 6) is 0.0335. The van der Waals surface area contributed by atoms with Crippen molar-refractivity contribution in [2.24, 2.45) is 10.2 Å². The van der Waals surface area contributed by atoms with Gasteiger partial charge in [0.2, 0.25) is 0 Å². The second kappa shape index (κ2) is 7.78. The molecule has 136 valence electrons. The Morgan fingerprint density at radius 2 is 1.59 bits per heavy atom. The highest BCUT2D eigenvalue weighted by molar-refractivity contribution is 5.60. The molecule has 0 aliphatic carbocycles. The van der Waals surface area contributed by atoms with E-state index in [4.69, 9.17) is 0 Å². The number of nitro groups is 1. The number of phenolic OH excluding ortho intramolecular Hbond substituents is 1. The summed E-state index contributed by atoms with van der Waals surface area (Å²) in [6.45, 7) is 3.93. The molecule has 0 fully saturated rings. The molecule has 3 aromatic rings. The molecule has 0 amide bonds. The molecular formula is C21H19N3O3. The number of hydrogen-bond donors (Lipinski definition) is 1. The van der Waals surface area contributed by atoms with Gasteiger partial charge in [-0.2, -0.15) is 0 Å². The van der Waals surface area contributed by atoms with Crippen LogP contribution in [-0.2, 0) is 6.42 Å². The van der Waals surface area contributed by atoms with Gasteiger partial charge < -0.3 is 5.11 Å². The third-order valence-electron chi connectivity index (χ3n) is 4.30. The van der Waals surface area contributed by atoms with Crippen molar-refractivity contribution in [3.8, 4) is 5.75 Å². The summed E-state index contributed by atoms with van der Waals surface area (Å²) in [4.78, 5) is 10.6. The molecule has 3 aromatic carbocycles. The van der Waals surface area contributed by atoms with Gasteiger partial charge in [-0.25, -0.2) is 0 Å². The minimum atomic E-state index is -0.506. The van der Waals surface area contributed by atoms with Crippen LogP contribution < -0.4 is 0 Å². The normalized spacial score (nSPS) is 11.0. The monoisotopic (exact) mass is 361 g/mol. The summed E-state index contributed by atoms with van der Waals surface area (Å²) in [6, 6.07) is 17.7. The average Bonchev–Trinajstić information content (AvgIpc) is 2.65. The highest BCUT2D eigenvalue weighted by atomic mass is 16.6. The first-order valence-electron chi connectivity index (χ1n) is 8.48. The van der Waals surface area contributed by atoms with Crippen LogP contribution in [0.5, 0.6) is 5.75 Å². The number of azo groups is 1. The fourth-order valence-electron chi connectivity index (χ4n) is 2.87. The lowest BCUT2D eigenvalue weighted by Gasteiger charge is -2.10. The van der Waals surface area contributed by atoms with E-state index in [0.717, 1.165) is 22.3 Å². The van der Waals surface area contributed by atoms with E-state index in [1.165, 1.54) is 12.1 Å². The highest BCUT2D eigenvalue weighted by Crippen LogP contribution is 2.36. The van der Waals surface area contributed by atoms with Crippen LogP contribution in [0.15, 0.2) is 70.9 Å². The zero-order chi connectivity index (χ0) is 19.4. The minimum absolute atomic E-state index is 0.0335. The van der Waals surface area contributed by atoms with Crippen LogP contribution in [0.1, 0.15) is 22.3 Å². The lowest BCUT2D eigenvalue weighted by atomic mass is 9.98. The van der Waals surface area contributed by atoms with E-state index in [1.807, 2.05) is 44.2 Å². The molecule has 0 heterocycles. The van der Waals surface area contributed by atoms with Crippen molar-refractivity contribution < 1.29 is 10.0 Å². The van der Waals surface area contributed by atoms with E-state index in [1.54, 1.807) is 18.2 Å². The molecule has 0 saturated heterocycles. The van der Waals surface area contributed by atoms with Gasteiger partial charge in [0, 0.05) is 18.1 Å². The molecule has 6 heteroatoms. The Kier molecular flexibility index (Phi) is 5.26. The summed E-state index contributed by atoms with van der Waals surface area (Å²) >= 11 is 0. The smallest absolute Gasteiger partial charge is 0.296 e. The molecule has 0 saturated carbocycles. The van der Waals surface area contributed by atoms with E-state index in [2.05, 4.69) is 10.2 Å². The first-order valence-corrected chi connectivity index (χ1v) is 8.48. The predicted octanol–water partition coefficient (Wildman–Crippen LogP) is 5.92. The van der Waals surface area contributed by atoms with Crippen LogP contribution in [0, 0.1) is 24.0 Å². The van der Waals surface area contributed by atoms with Crippen LogP contribution in [0.2, 0.25) is 0 Å². The second-order valence-corrected chi connectivity index (χ2v) is 6.34. The number of benzene rings is 3. The molecule has 0 unspecified atom stereocenters. The van der Waals surface area contributed by atoms with E-state index in [9.17, 15) is 15.2 Å². The Morgan fingerprint density at radius 1 is 0.926 bits per heavy atom. The molecule has 6 nitrogen and oxygen atoms in total. The zero-order valence-corrected chi connectivity index (χ0v) is 15.1. The Morgan fingerprint density at radius 3 is 2.33 bits per heavy atom. The van der Waals surface area contributed by atoms with Gasteiger partial charge in [0.25, 0.3) is 5.69 Å². The summed E-state index contributed by atoms with van der Waals surface area (Å²) < 4.78 is 0. The first kappa shape index (κ1) is 18.3. The molecule has 3 rings (SSSR count). The Bertz CT molecular complexity index is 1030. The van der Waals surface area contributed by atoms with Crippen LogP contribution in [0.3, 0.4) is 0 Å². The van der Waals surface area contributed by atoms with Gasteiger partial charge in [-0.15, -0.1) is 10.2 Å². The average molecular weight is 361 g/mol. The number of para-hydroxylation sites is 1. The quantitative estimate of drug-likeness (QED) is 0.347. The highest BCUT2D eigenvalue weighted by Gasteiger charge is 2.13. The van der Waals surface area contributed by atoms with Gasteiger partial charge in [-0.3, -0.25) is 10.1 Å². The molecule has 0 spiro atoms. The molecule has 0 bridgehead atoms. The zero-order valence-electron chi connectivity index (χ0n) is 15.1. The van der Waals surface area contributed by atoms with Crippen molar-refractivity contribution >= 4 is 17.1 Å². The maximum atomic E-state index is 11.1. The van der Waals surface area contributed by atoms with E-state index in [0.29, 0.717) is 6.42 Å². The summed E-state index contributed by atoms with van der Waals surface area (Å²) in [5, 5.41) is 29.8. The third kappa shape index (κ3) is 4.17. The standard InChI is InChI=1S/C21H19N3O3/c1-14-11-17(13-16-8-4-3-7-15(16)2)21(25)19(12-14)23-22-18-9-5-6-10-20(18)24(26)27/h3-12,25H,13H2,1-2H3. The van der Waals surface area contributed by atoms with Crippen molar-refractivity contribution in [3.63, 3.8) is 0 Å². The van der Waals surface area contributed by atoms with Crippen molar-refractivity contribution in [2.45, 2.75) is 20.3 Å². The molecule has 0 aliphatic rings. The number of phenols is 1. The minimum Gasteiger partial charge on any atom is -0.505 e. The molecule has 1 N–H and O–H groups in total. The number of rotatable bonds is 5. The van der Waals surface area contributed by atoms with Crippen LogP contribution in [0.4, 0.5) is 17.1 Å². The van der Waals surface area contributed by atoms with Crippen LogP contribution in [0.25, 0.3) is 0 Å². The lowest BCUT2D eigenvalue weighted by Crippen LogP contribution is -1.93. The summed E-state index contributed by atoms with van der Waals surface area (Å²) in [7, 11) is 0. The number of aryl methyl sites for hydroxylation is 2. The van der Waals surface area contributed by atoms with Gasteiger partial charge >= 0.3 is 0 Å². The Balaban J connectivity index is 1.97. The van der Waals surface area contributed by atoms with Gasteiger partial charge in [-0.1, -0.05) is 42.5 Å². The Hall–Kier alpha value is -3.54. The number of hydrogen-bond acceptors (Lipinski definition) is 5. The third-order valence-corrected chi connectivity index (χ3v) is 4.30. The number of nitro benzene ring substituents is 1. The van der Waals surface area contributed by atoms with Gasteiger partial charge in [0.1, 0.15) is 11.4 Å². The maximum Gasteiger partial charge on any atom is 0.296 e. The second-order valence-electron chi connectivity index (χ2n) is 6.34. The van der Waals surface area contributed by atoms with Gasteiger partial charge in [0.05, 0.1) is 4.92 Å². The van der Waals surface area contributed by atoms with Gasteiger partial charge in [-0.05, 0) is 42.7 Å². The van der Waals surface area contributed by atoms with E-state index < -0.39 is 4.92 Å². The van der Waals surface area contributed by atoms with Crippen LogP contribution >= 0.6 is 0 Å². The van der Waals surface area contributed by atoms with Crippen molar-refractivity contribution in [1.82, 2.24) is 0 Å². The van der Waals surface area contributed by atoms with E-state index in [-0.39, 0.29) is 22.8 Å². The Labute approximate surface area is 157 Å². The molecule has 0 aliphatic heterocycles. The molecule has 0 aromatic heterocycles. The van der Waals surface area contributed by atoms with Crippen molar-refractivity contribution in [1.29, 1.82) is 0 Å². The SMILES string of the molecule is Cc1cc(Cc2ccccc2C)c(O)c(N=Nc2ccccc2[N+](=O)[O-])c1.